The Morgan fingerprint density at radius 2 is 1.38 bits per heavy atom. The number of rotatable bonds is 8. The van der Waals surface area contributed by atoms with Crippen LogP contribution >= 0.6 is 0 Å². The summed E-state index contributed by atoms with van der Waals surface area (Å²) < 4.78 is 8.32. The van der Waals surface area contributed by atoms with Gasteiger partial charge < -0.3 is 14.6 Å². The fourth-order valence-corrected chi connectivity index (χ4v) is 1.08. The molecule has 0 bridgehead atoms. The Hall–Kier alpha value is -2.42. The molecule has 0 rings (SSSR count). The summed E-state index contributed by atoms with van der Waals surface area (Å²) in [6.07, 6.45) is -4.14. The Morgan fingerprint density at radius 1 is 0.905 bits per heavy atom. The number of hydrogen-bond acceptors (Lipinski definition) is 9. The van der Waals surface area contributed by atoms with Crippen LogP contribution in [0.4, 0.5) is 0 Å². The predicted octanol–water partition coefficient (Wildman–Crippen LogP) is -1.16. The highest BCUT2D eigenvalue weighted by Gasteiger charge is 2.25. The minimum absolute atomic E-state index is 0.507. The Balaban J connectivity index is 4.25. The van der Waals surface area contributed by atoms with Gasteiger partial charge in [-0.3, -0.25) is 24.0 Å². The molecule has 0 aromatic carbocycles. The molecule has 0 radical (unpaired) electrons. The van der Waals surface area contributed by atoms with Crippen LogP contribution in [0.3, 0.4) is 0 Å². The van der Waals surface area contributed by atoms with Gasteiger partial charge in [0.15, 0.2) is 0 Å². The molecule has 1 unspecified atom stereocenters. The molecule has 0 saturated heterocycles. The summed E-state index contributed by atoms with van der Waals surface area (Å²) in [5.41, 5.74) is 0. The second kappa shape index (κ2) is 8.69. The van der Waals surface area contributed by atoms with Crippen molar-refractivity contribution in [2.45, 2.75) is 39.4 Å². The van der Waals surface area contributed by atoms with E-state index in [1.807, 2.05) is 0 Å². The van der Waals surface area contributed by atoms with Crippen LogP contribution in [0, 0.1) is 0 Å². The number of ketones is 3. The lowest BCUT2D eigenvalue weighted by atomic mass is 10.2. The Labute approximate surface area is 119 Å². The van der Waals surface area contributed by atoms with Crippen molar-refractivity contribution in [3.05, 3.63) is 0 Å². The molecule has 9 heteroatoms. The van der Waals surface area contributed by atoms with Gasteiger partial charge in [-0.05, 0) is 13.8 Å². The monoisotopic (exact) mass is 302 g/mol. The van der Waals surface area contributed by atoms with Crippen LogP contribution in [-0.2, 0) is 38.2 Å². The number of aliphatic hydroxyl groups is 1. The van der Waals surface area contributed by atoms with Gasteiger partial charge in [-0.1, -0.05) is 0 Å². The number of Topliss-reactive ketones (excluding diaryl/α,β-unsaturated/α-hetero) is 3. The average Bonchev–Trinajstić information content (AvgIpc) is 2.25. The van der Waals surface area contributed by atoms with Gasteiger partial charge in [0.25, 0.3) is 0 Å². The van der Waals surface area contributed by atoms with Crippen LogP contribution < -0.4 is 0 Å². The summed E-state index contributed by atoms with van der Waals surface area (Å²) in [7, 11) is 0. The first-order chi connectivity index (χ1) is 9.61. The second-order valence-electron chi connectivity index (χ2n) is 4.09. The molecule has 0 saturated carbocycles. The third-order valence-corrected chi connectivity index (χ3v) is 1.85. The van der Waals surface area contributed by atoms with E-state index < -0.39 is 60.8 Å². The zero-order chi connectivity index (χ0) is 16.6. The van der Waals surface area contributed by atoms with Crippen LogP contribution in [0.15, 0.2) is 0 Å². The first-order valence-electron chi connectivity index (χ1n) is 5.76. The highest BCUT2D eigenvalue weighted by atomic mass is 16.6. The van der Waals surface area contributed by atoms with Gasteiger partial charge in [-0.25, -0.2) is 4.79 Å². The van der Waals surface area contributed by atoms with Crippen molar-refractivity contribution < 1.29 is 43.3 Å². The first-order valence-corrected chi connectivity index (χ1v) is 5.76. The molecule has 9 nitrogen and oxygen atoms in total. The van der Waals surface area contributed by atoms with Gasteiger partial charge in [0.05, 0.1) is 6.42 Å². The fraction of sp³-hybridized carbons (Fsp3) is 0.500. The van der Waals surface area contributed by atoms with E-state index in [2.05, 4.69) is 9.47 Å². The molecule has 0 spiro atoms. The van der Waals surface area contributed by atoms with E-state index in [1.165, 1.54) is 0 Å². The van der Waals surface area contributed by atoms with Crippen LogP contribution in [0.5, 0.6) is 0 Å². The van der Waals surface area contributed by atoms with Crippen LogP contribution in [0.25, 0.3) is 0 Å². The molecular weight excluding hydrogens is 288 g/mol. The molecule has 0 aliphatic carbocycles. The van der Waals surface area contributed by atoms with Crippen LogP contribution in [0.1, 0.15) is 33.1 Å². The Kier molecular flexibility index (Phi) is 7.69. The van der Waals surface area contributed by atoms with Gasteiger partial charge in [0, 0.05) is 0 Å². The Bertz CT molecular complexity index is 477. The van der Waals surface area contributed by atoms with Crippen LogP contribution in [-0.4, -0.2) is 46.7 Å². The number of esters is 3. The van der Waals surface area contributed by atoms with Crippen molar-refractivity contribution in [2.24, 2.45) is 0 Å². The zero-order valence-corrected chi connectivity index (χ0v) is 11.4. The molecule has 116 valence electrons. The van der Waals surface area contributed by atoms with E-state index >= 15 is 0 Å². The van der Waals surface area contributed by atoms with Crippen molar-refractivity contribution in [2.75, 3.05) is 0 Å². The molecule has 0 aromatic rings. The number of aliphatic hydroxyl groups excluding tert-OH is 1. The standard InChI is InChI=1S/C12H14O9/c1-6(13)3-9(16)20-11(18)5-8(15)12(19)21-10(17)4-7(2)14/h11,18H,3-5H2,1-2H3. The number of carbonyl (C=O) groups excluding carboxylic acids is 6. The molecule has 0 amide bonds. The zero-order valence-electron chi connectivity index (χ0n) is 11.4. The lowest BCUT2D eigenvalue weighted by Gasteiger charge is -2.10. The highest BCUT2D eigenvalue weighted by Crippen LogP contribution is 2.01. The smallest absolute Gasteiger partial charge is 0.382 e. The predicted molar refractivity (Wildman–Crippen MR) is 63.4 cm³/mol. The van der Waals surface area contributed by atoms with Crippen LogP contribution in [0.2, 0.25) is 0 Å². The maximum absolute atomic E-state index is 11.2. The molecule has 1 N–H and O–H groups in total. The van der Waals surface area contributed by atoms with Gasteiger partial charge in [-0.2, -0.15) is 0 Å². The lowest BCUT2D eigenvalue weighted by molar-refractivity contribution is -0.175. The molecule has 1 atom stereocenters. The fourth-order valence-electron chi connectivity index (χ4n) is 1.08. The summed E-state index contributed by atoms with van der Waals surface area (Å²) in [5.74, 6) is -6.24. The summed E-state index contributed by atoms with van der Waals surface area (Å²) >= 11 is 0. The Morgan fingerprint density at radius 3 is 1.86 bits per heavy atom. The molecule has 21 heavy (non-hydrogen) atoms. The van der Waals surface area contributed by atoms with Gasteiger partial charge in [0.1, 0.15) is 24.4 Å². The van der Waals surface area contributed by atoms with E-state index in [0.29, 0.717) is 0 Å². The van der Waals surface area contributed by atoms with Crippen molar-refractivity contribution in [3.8, 4) is 0 Å². The molecule has 0 fully saturated rings. The minimum atomic E-state index is -1.94. The van der Waals surface area contributed by atoms with Gasteiger partial charge in [-0.15, -0.1) is 0 Å². The SMILES string of the molecule is CC(=O)CC(=O)OC(=O)C(=O)CC(O)OC(=O)CC(C)=O. The summed E-state index contributed by atoms with van der Waals surface area (Å²) in [6, 6.07) is 0. The first kappa shape index (κ1) is 18.6. The molecule has 0 aromatic heterocycles. The lowest BCUT2D eigenvalue weighted by Crippen LogP contribution is -2.28. The van der Waals surface area contributed by atoms with E-state index in [1.54, 1.807) is 0 Å². The van der Waals surface area contributed by atoms with E-state index in [4.69, 9.17) is 0 Å². The number of ether oxygens (including phenoxy) is 2. The largest absolute Gasteiger partial charge is 0.435 e. The number of hydrogen-bond donors (Lipinski definition) is 1. The third-order valence-electron chi connectivity index (χ3n) is 1.85. The highest BCUT2D eigenvalue weighted by molar-refractivity contribution is 6.35. The second-order valence-corrected chi connectivity index (χ2v) is 4.09. The summed E-state index contributed by atoms with van der Waals surface area (Å²) in [6.45, 7) is 2.21. The molecule has 0 aliphatic rings. The normalized spacial score (nSPS) is 11.2. The maximum Gasteiger partial charge on any atom is 0.382 e. The summed E-state index contributed by atoms with van der Waals surface area (Å²) in [4.78, 5) is 65.5. The average molecular weight is 302 g/mol. The maximum atomic E-state index is 11.2. The molecular formula is C12H14O9. The van der Waals surface area contributed by atoms with Crippen molar-refractivity contribution >= 4 is 35.3 Å². The van der Waals surface area contributed by atoms with Crippen molar-refractivity contribution in [1.29, 1.82) is 0 Å². The van der Waals surface area contributed by atoms with Crippen molar-refractivity contribution in [3.63, 3.8) is 0 Å². The topological polar surface area (TPSA) is 141 Å². The van der Waals surface area contributed by atoms with Crippen molar-refractivity contribution in [1.82, 2.24) is 0 Å². The van der Waals surface area contributed by atoms with Gasteiger partial charge in [0.2, 0.25) is 12.1 Å². The van der Waals surface area contributed by atoms with E-state index in [-0.39, 0.29) is 0 Å². The summed E-state index contributed by atoms with van der Waals surface area (Å²) in [5, 5.41) is 9.21. The molecule has 0 heterocycles. The number of carbonyl (C=O) groups is 6. The third kappa shape index (κ3) is 9.16. The molecule has 0 aliphatic heterocycles. The quantitative estimate of drug-likeness (QED) is 0.254. The van der Waals surface area contributed by atoms with E-state index in [0.717, 1.165) is 13.8 Å². The van der Waals surface area contributed by atoms with Gasteiger partial charge >= 0.3 is 17.9 Å². The van der Waals surface area contributed by atoms with E-state index in [9.17, 15) is 33.9 Å². The minimum Gasteiger partial charge on any atom is -0.435 e.